The summed E-state index contributed by atoms with van der Waals surface area (Å²) in [7, 11) is 0. The molecule has 1 saturated heterocycles. The predicted octanol–water partition coefficient (Wildman–Crippen LogP) is 5.78. The van der Waals surface area contributed by atoms with E-state index in [1.165, 1.54) is 12.1 Å². The lowest BCUT2D eigenvalue weighted by Gasteiger charge is -2.28. The number of nitrogens with zero attached hydrogens (tertiary/aromatic N) is 3. The molecule has 1 aliphatic rings. The second kappa shape index (κ2) is 11.0. The molecular weight excluding hydrogens is 469 g/mol. The molecule has 1 aliphatic heterocycles. The van der Waals surface area contributed by atoms with Crippen molar-refractivity contribution in [2.24, 2.45) is 0 Å². The summed E-state index contributed by atoms with van der Waals surface area (Å²) >= 11 is 0. The first-order chi connectivity index (χ1) is 18.0. The summed E-state index contributed by atoms with van der Waals surface area (Å²) in [4.78, 5) is 17.7. The molecule has 0 saturated carbocycles. The maximum absolute atomic E-state index is 13.8. The third-order valence-electron chi connectivity index (χ3n) is 6.58. The van der Waals surface area contributed by atoms with Crippen molar-refractivity contribution in [2.45, 2.75) is 26.9 Å². The molecule has 0 unspecified atom stereocenters. The first kappa shape index (κ1) is 24.7. The van der Waals surface area contributed by atoms with Crippen molar-refractivity contribution in [3.8, 4) is 11.3 Å². The predicted molar refractivity (Wildman–Crippen MR) is 141 cm³/mol. The van der Waals surface area contributed by atoms with Crippen LogP contribution in [0.5, 0.6) is 0 Å². The zero-order valence-corrected chi connectivity index (χ0v) is 21.1. The van der Waals surface area contributed by atoms with Crippen molar-refractivity contribution in [3.63, 3.8) is 0 Å². The number of anilines is 1. The van der Waals surface area contributed by atoms with Crippen molar-refractivity contribution >= 4 is 11.8 Å². The van der Waals surface area contributed by atoms with Crippen LogP contribution in [0.1, 0.15) is 32.6 Å². The SMILES string of the molecule is Cc1ccc(C(=O)N(Cc2ccc(F)cc2)Cc2c(-c3cccc(C)c3)noc2N2CCOCC2)cc1. The summed E-state index contributed by atoms with van der Waals surface area (Å²) in [5.74, 6) is 0.227. The van der Waals surface area contributed by atoms with Gasteiger partial charge in [-0.3, -0.25) is 4.79 Å². The summed E-state index contributed by atoms with van der Waals surface area (Å²) in [5, 5.41) is 4.47. The number of benzene rings is 3. The van der Waals surface area contributed by atoms with Crippen molar-refractivity contribution in [3.05, 3.63) is 106 Å². The minimum Gasteiger partial charge on any atom is -0.378 e. The van der Waals surface area contributed by atoms with Crippen LogP contribution in [0.4, 0.5) is 10.3 Å². The van der Waals surface area contributed by atoms with E-state index in [0.29, 0.717) is 50.0 Å². The van der Waals surface area contributed by atoms with Gasteiger partial charge in [0, 0.05) is 30.8 Å². The van der Waals surface area contributed by atoms with Crippen LogP contribution in [0.15, 0.2) is 77.3 Å². The normalized spacial score (nSPS) is 13.5. The molecule has 2 heterocycles. The molecule has 3 aromatic carbocycles. The molecule has 0 bridgehead atoms. The number of aryl methyl sites for hydroxylation is 2. The van der Waals surface area contributed by atoms with E-state index in [4.69, 9.17) is 9.26 Å². The molecule has 1 amide bonds. The highest BCUT2D eigenvalue weighted by Gasteiger charge is 2.28. The number of halogens is 1. The average molecular weight is 500 g/mol. The summed E-state index contributed by atoms with van der Waals surface area (Å²) in [6.07, 6.45) is 0. The Morgan fingerprint density at radius 1 is 0.946 bits per heavy atom. The second-order valence-corrected chi connectivity index (χ2v) is 9.44. The summed E-state index contributed by atoms with van der Waals surface area (Å²) in [6, 6.07) is 21.9. The maximum Gasteiger partial charge on any atom is 0.254 e. The van der Waals surface area contributed by atoms with Crippen LogP contribution >= 0.6 is 0 Å². The lowest BCUT2D eigenvalue weighted by Crippen LogP contribution is -2.37. The minimum absolute atomic E-state index is 0.117. The fraction of sp³-hybridized carbons (Fsp3) is 0.267. The monoisotopic (exact) mass is 499 g/mol. The van der Waals surface area contributed by atoms with E-state index in [1.54, 1.807) is 17.0 Å². The highest BCUT2D eigenvalue weighted by atomic mass is 19.1. The van der Waals surface area contributed by atoms with Gasteiger partial charge in [0.1, 0.15) is 11.5 Å². The molecule has 0 N–H and O–H groups in total. The number of carbonyl (C=O) groups is 1. The zero-order chi connectivity index (χ0) is 25.8. The number of aromatic nitrogens is 1. The van der Waals surface area contributed by atoms with Crippen LogP contribution < -0.4 is 4.90 Å². The number of ether oxygens (including phenoxy) is 1. The van der Waals surface area contributed by atoms with Crippen LogP contribution in [0.2, 0.25) is 0 Å². The van der Waals surface area contributed by atoms with Crippen LogP contribution in [-0.2, 0) is 17.8 Å². The van der Waals surface area contributed by atoms with Crippen LogP contribution in [0.25, 0.3) is 11.3 Å². The van der Waals surface area contributed by atoms with Gasteiger partial charge in [-0.05, 0) is 49.7 Å². The summed E-state index contributed by atoms with van der Waals surface area (Å²) in [5.41, 5.74) is 6.11. The van der Waals surface area contributed by atoms with Gasteiger partial charge in [-0.25, -0.2) is 4.39 Å². The number of morpholine rings is 1. The van der Waals surface area contributed by atoms with E-state index in [-0.39, 0.29) is 18.3 Å². The Hall–Kier alpha value is -3.97. The molecule has 6 nitrogen and oxygen atoms in total. The van der Waals surface area contributed by atoms with Gasteiger partial charge in [-0.2, -0.15) is 0 Å². The van der Waals surface area contributed by atoms with Crippen molar-refractivity contribution in [1.29, 1.82) is 0 Å². The van der Waals surface area contributed by atoms with E-state index in [1.807, 2.05) is 56.3 Å². The van der Waals surface area contributed by atoms with Crippen LogP contribution in [-0.4, -0.2) is 42.3 Å². The Bertz CT molecular complexity index is 1360. The van der Waals surface area contributed by atoms with Gasteiger partial charge in [-0.1, -0.05) is 58.7 Å². The van der Waals surface area contributed by atoms with Crippen molar-refractivity contribution in [1.82, 2.24) is 10.1 Å². The number of hydrogen-bond acceptors (Lipinski definition) is 5. The smallest absolute Gasteiger partial charge is 0.254 e. The van der Waals surface area contributed by atoms with Gasteiger partial charge < -0.3 is 19.1 Å². The van der Waals surface area contributed by atoms with E-state index in [0.717, 1.165) is 27.8 Å². The fourth-order valence-corrected chi connectivity index (χ4v) is 4.56. The molecule has 37 heavy (non-hydrogen) atoms. The van der Waals surface area contributed by atoms with Gasteiger partial charge in [0.15, 0.2) is 0 Å². The van der Waals surface area contributed by atoms with Crippen LogP contribution in [0, 0.1) is 19.7 Å². The first-order valence-electron chi connectivity index (χ1n) is 12.5. The Morgan fingerprint density at radius 3 is 2.38 bits per heavy atom. The second-order valence-electron chi connectivity index (χ2n) is 9.44. The standard InChI is InChI=1S/C30H30FN3O3/c1-21-6-10-24(11-7-21)29(35)34(19-23-8-12-26(31)13-9-23)20-27-28(25-5-3-4-22(2)18-25)32-37-30(27)33-14-16-36-17-15-33/h3-13,18H,14-17,19-20H2,1-2H3. The van der Waals surface area contributed by atoms with Crippen molar-refractivity contribution < 1.29 is 18.4 Å². The molecule has 0 spiro atoms. The summed E-state index contributed by atoms with van der Waals surface area (Å²) in [6.45, 7) is 7.18. The highest BCUT2D eigenvalue weighted by molar-refractivity contribution is 5.94. The molecule has 1 aromatic heterocycles. The van der Waals surface area contributed by atoms with Crippen molar-refractivity contribution in [2.75, 3.05) is 31.2 Å². The Balaban J connectivity index is 1.56. The topological polar surface area (TPSA) is 58.8 Å². The molecule has 0 radical (unpaired) electrons. The van der Waals surface area contributed by atoms with E-state index in [9.17, 15) is 9.18 Å². The largest absolute Gasteiger partial charge is 0.378 e. The molecule has 0 aliphatic carbocycles. The average Bonchev–Trinajstić information content (AvgIpc) is 3.33. The van der Waals surface area contributed by atoms with E-state index < -0.39 is 0 Å². The van der Waals surface area contributed by atoms with Crippen LogP contribution in [0.3, 0.4) is 0 Å². The third kappa shape index (κ3) is 5.73. The van der Waals surface area contributed by atoms with E-state index in [2.05, 4.69) is 16.1 Å². The van der Waals surface area contributed by atoms with Gasteiger partial charge in [0.2, 0.25) is 5.88 Å². The quantitative estimate of drug-likeness (QED) is 0.323. The Kier molecular flexibility index (Phi) is 7.32. The number of rotatable bonds is 7. The first-order valence-corrected chi connectivity index (χ1v) is 12.5. The lowest BCUT2D eigenvalue weighted by molar-refractivity contribution is 0.0729. The minimum atomic E-state index is -0.310. The number of hydrogen-bond donors (Lipinski definition) is 0. The number of carbonyl (C=O) groups excluding carboxylic acids is 1. The third-order valence-corrected chi connectivity index (χ3v) is 6.58. The molecule has 4 aromatic rings. The molecule has 5 rings (SSSR count). The number of amides is 1. The molecule has 1 fully saturated rings. The van der Waals surface area contributed by atoms with E-state index >= 15 is 0 Å². The fourth-order valence-electron chi connectivity index (χ4n) is 4.56. The summed E-state index contributed by atoms with van der Waals surface area (Å²) < 4.78 is 25.1. The molecule has 190 valence electrons. The maximum atomic E-state index is 13.8. The Labute approximate surface area is 216 Å². The van der Waals surface area contributed by atoms with Gasteiger partial charge >= 0.3 is 0 Å². The van der Waals surface area contributed by atoms with Gasteiger partial charge in [0.25, 0.3) is 5.91 Å². The Morgan fingerprint density at radius 2 is 1.68 bits per heavy atom. The lowest BCUT2D eigenvalue weighted by atomic mass is 10.0. The molecular formula is C30H30FN3O3. The highest BCUT2D eigenvalue weighted by Crippen LogP contribution is 2.34. The molecule has 7 heteroatoms. The molecule has 0 atom stereocenters. The zero-order valence-electron chi connectivity index (χ0n) is 21.1. The van der Waals surface area contributed by atoms with Gasteiger partial charge in [0.05, 0.1) is 25.3 Å². The van der Waals surface area contributed by atoms with Gasteiger partial charge in [-0.15, -0.1) is 0 Å².